The highest BCUT2D eigenvalue weighted by atomic mass is 79.9. The third-order valence-electron chi connectivity index (χ3n) is 2.84. The Morgan fingerprint density at radius 3 is 2.44 bits per heavy atom. The standard InChI is InChI=1S/C14H14BrFN2/c1-18(13-6-4-12(16)5-7-13)14-8-11(15)3-2-10(14)9-17/h2-8H,9,17H2,1H3. The van der Waals surface area contributed by atoms with Crippen molar-refractivity contribution in [1.29, 1.82) is 0 Å². The fourth-order valence-electron chi connectivity index (χ4n) is 1.83. The average molecular weight is 309 g/mol. The van der Waals surface area contributed by atoms with Crippen molar-refractivity contribution in [2.75, 3.05) is 11.9 Å². The SMILES string of the molecule is CN(c1ccc(F)cc1)c1cc(Br)ccc1CN. The summed E-state index contributed by atoms with van der Waals surface area (Å²) >= 11 is 3.45. The smallest absolute Gasteiger partial charge is 0.123 e. The molecule has 0 saturated heterocycles. The van der Waals surface area contributed by atoms with Crippen molar-refractivity contribution in [1.82, 2.24) is 0 Å². The Kier molecular flexibility index (Phi) is 3.99. The number of hydrogen-bond acceptors (Lipinski definition) is 2. The zero-order chi connectivity index (χ0) is 13.1. The summed E-state index contributed by atoms with van der Waals surface area (Å²) in [5, 5.41) is 0. The van der Waals surface area contributed by atoms with Gasteiger partial charge in [-0.25, -0.2) is 4.39 Å². The molecule has 2 aromatic carbocycles. The Morgan fingerprint density at radius 1 is 1.17 bits per heavy atom. The van der Waals surface area contributed by atoms with Crippen molar-refractivity contribution in [2.24, 2.45) is 5.73 Å². The first-order chi connectivity index (χ1) is 8.61. The van der Waals surface area contributed by atoms with Crippen LogP contribution in [0.5, 0.6) is 0 Å². The van der Waals surface area contributed by atoms with Crippen LogP contribution in [0.15, 0.2) is 46.9 Å². The minimum absolute atomic E-state index is 0.236. The number of nitrogens with two attached hydrogens (primary N) is 1. The van der Waals surface area contributed by atoms with Crippen LogP contribution < -0.4 is 10.6 Å². The quantitative estimate of drug-likeness (QED) is 0.934. The minimum Gasteiger partial charge on any atom is -0.344 e. The van der Waals surface area contributed by atoms with Crippen molar-refractivity contribution in [3.05, 3.63) is 58.3 Å². The number of nitrogens with zero attached hydrogens (tertiary/aromatic N) is 1. The van der Waals surface area contributed by atoms with Gasteiger partial charge in [-0.1, -0.05) is 22.0 Å². The lowest BCUT2D eigenvalue weighted by molar-refractivity contribution is 0.628. The van der Waals surface area contributed by atoms with Gasteiger partial charge in [0.2, 0.25) is 0 Å². The number of rotatable bonds is 3. The Hall–Kier alpha value is -1.39. The minimum atomic E-state index is -0.236. The van der Waals surface area contributed by atoms with E-state index in [9.17, 15) is 4.39 Å². The summed E-state index contributed by atoms with van der Waals surface area (Å²) in [6.07, 6.45) is 0. The highest BCUT2D eigenvalue weighted by Crippen LogP contribution is 2.29. The van der Waals surface area contributed by atoms with E-state index in [0.29, 0.717) is 6.54 Å². The lowest BCUT2D eigenvalue weighted by Crippen LogP contribution is -2.13. The molecule has 94 valence electrons. The van der Waals surface area contributed by atoms with E-state index in [-0.39, 0.29) is 5.82 Å². The molecule has 18 heavy (non-hydrogen) atoms. The molecule has 0 fully saturated rings. The number of hydrogen-bond donors (Lipinski definition) is 1. The van der Waals surface area contributed by atoms with Gasteiger partial charge in [0, 0.05) is 29.4 Å². The van der Waals surface area contributed by atoms with Crippen LogP contribution >= 0.6 is 15.9 Å². The highest BCUT2D eigenvalue weighted by molar-refractivity contribution is 9.10. The first kappa shape index (κ1) is 13.1. The first-order valence-electron chi connectivity index (χ1n) is 5.59. The van der Waals surface area contributed by atoms with Crippen molar-refractivity contribution in [3.63, 3.8) is 0 Å². The molecule has 2 nitrogen and oxygen atoms in total. The van der Waals surface area contributed by atoms with Crippen molar-refractivity contribution in [2.45, 2.75) is 6.54 Å². The molecule has 0 aromatic heterocycles. The molecule has 2 N–H and O–H groups in total. The monoisotopic (exact) mass is 308 g/mol. The molecule has 0 heterocycles. The summed E-state index contributed by atoms with van der Waals surface area (Å²) in [7, 11) is 1.94. The Morgan fingerprint density at radius 2 is 1.83 bits per heavy atom. The molecular formula is C14H14BrFN2. The van der Waals surface area contributed by atoms with Gasteiger partial charge in [0.1, 0.15) is 5.82 Å². The summed E-state index contributed by atoms with van der Waals surface area (Å²) < 4.78 is 13.9. The number of anilines is 2. The largest absolute Gasteiger partial charge is 0.344 e. The average Bonchev–Trinajstić information content (AvgIpc) is 2.39. The molecule has 0 unspecified atom stereocenters. The van der Waals surface area contributed by atoms with Crippen LogP contribution in [0.3, 0.4) is 0 Å². The Bertz CT molecular complexity index is 540. The summed E-state index contributed by atoms with van der Waals surface area (Å²) in [5.41, 5.74) is 8.72. The molecule has 0 amide bonds. The molecule has 2 rings (SSSR count). The summed E-state index contributed by atoms with van der Waals surface area (Å²) in [6.45, 7) is 0.466. The van der Waals surface area contributed by atoms with E-state index in [2.05, 4.69) is 15.9 Å². The van der Waals surface area contributed by atoms with E-state index in [4.69, 9.17) is 5.73 Å². The second-order valence-electron chi connectivity index (χ2n) is 4.01. The number of halogens is 2. The van der Waals surface area contributed by atoms with Crippen LogP contribution in [0, 0.1) is 5.82 Å². The lowest BCUT2D eigenvalue weighted by atomic mass is 10.1. The van der Waals surface area contributed by atoms with Crippen molar-refractivity contribution in [3.8, 4) is 0 Å². The molecule has 4 heteroatoms. The summed E-state index contributed by atoms with van der Waals surface area (Å²) in [6, 6.07) is 12.3. The van der Waals surface area contributed by atoms with Crippen LogP contribution in [0.25, 0.3) is 0 Å². The van der Waals surface area contributed by atoms with Crippen molar-refractivity contribution >= 4 is 27.3 Å². The maximum absolute atomic E-state index is 12.9. The van der Waals surface area contributed by atoms with Crippen LogP contribution in [-0.4, -0.2) is 7.05 Å². The van der Waals surface area contributed by atoms with E-state index in [0.717, 1.165) is 21.4 Å². The van der Waals surface area contributed by atoms with Crippen LogP contribution in [0.2, 0.25) is 0 Å². The van der Waals surface area contributed by atoms with Gasteiger partial charge in [-0.3, -0.25) is 0 Å². The fourth-order valence-corrected chi connectivity index (χ4v) is 2.17. The third kappa shape index (κ3) is 2.71. The maximum Gasteiger partial charge on any atom is 0.123 e. The third-order valence-corrected chi connectivity index (χ3v) is 3.34. The zero-order valence-corrected chi connectivity index (χ0v) is 11.6. The molecule has 2 aromatic rings. The Balaban J connectivity index is 2.41. The van der Waals surface area contributed by atoms with Gasteiger partial charge in [-0.05, 0) is 42.0 Å². The van der Waals surface area contributed by atoms with E-state index in [1.54, 1.807) is 12.1 Å². The predicted octanol–water partition coefficient (Wildman–Crippen LogP) is 3.81. The van der Waals surface area contributed by atoms with E-state index < -0.39 is 0 Å². The first-order valence-corrected chi connectivity index (χ1v) is 6.39. The highest BCUT2D eigenvalue weighted by Gasteiger charge is 2.09. The maximum atomic E-state index is 12.9. The normalized spacial score (nSPS) is 10.4. The second-order valence-corrected chi connectivity index (χ2v) is 4.93. The lowest BCUT2D eigenvalue weighted by Gasteiger charge is -2.22. The van der Waals surface area contributed by atoms with Crippen LogP contribution in [0.4, 0.5) is 15.8 Å². The van der Waals surface area contributed by atoms with Gasteiger partial charge in [0.05, 0.1) is 0 Å². The van der Waals surface area contributed by atoms with E-state index >= 15 is 0 Å². The van der Waals surface area contributed by atoms with Crippen molar-refractivity contribution < 1.29 is 4.39 Å². The van der Waals surface area contributed by atoms with E-state index in [1.165, 1.54) is 12.1 Å². The molecule has 0 aliphatic heterocycles. The molecule has 0 atom stereocenters. The second kappa shape index (κ2) is 5.50. The van der Waals surface area contributed by atoms with Crippen LogP contribution in [0.1, 0.15) is 5.56 Å². The van der Waals surface area contributed by atoms with Gasteiger partial charge >= 0.3 is 0 Å². The zero-order valence-electron chi connectivity index (χ0n) is 10.0. The molecule has 0 aliphatic rings. The van der Waals surface area contributed by atoms with E-state index in [1.807, 2.05) is 30.1 Å². The van der Waals surface area contributed by atoms with Gasteiger partial charge in [0.25, 0.3) is 0 Å². The van der Waals surface area contributed by atoms with Gasteiger partial charge in [0.15, 0.2) is 0 Å². The molecule has 0 saturated carbocycles. The molecule has 0 spiro atoms. The topological polar surface area (TPSA) is 29.3 Å². The molecular weight excluding hydrogens is 295 g/mol. The predicted molar refractivity (Wildman–Crippen MR) is 76.5 cm³/mol. The van der Waals surface area contributed by atoms with Gasteiger partial charge in [-0.2, -0.15) is 0 Å². The van der Waals surface area contributed by atoms with Gasteiger partial charge < -0.3 is 10.6 Å². The Labute approximate surface area is 114 Å². The van der Waals surface area contributed by atoms with Gasteiger partial charge in [-0.15, -0.1) is 0 Å². The number of benzene rings is 2. The molecule has 0 aliphatic carbocycles. The molecule has 0 bridgehead atoms. The summed E-state index contributed by atoms with van der Waals surface area (Å²) in [4.78, 5) is 1.99. The fraction of sp³-hybridized carbons (Fsp3) is 0.143. The van der Waals surface area contributed by atoms with Crippen LogP contribution in [-0.2, 0) is 6.54 Å². The summed E-state index contributed by atoms with van der Waals surface area (Å²) in [5.74, 6) is -0.236. The molecule has 0 radical (unpaired) electrons.